The van der Waals surface area contributed by atoms with Crippen molar-refractivity contribution in [3.63, 3.8) is 0 Å². The number of amides is 1. The lowest BCUT2D eigenvalue weighted by Crippen LogP contribution is -2.22. The summed E-state index contributed by atoms with van der Waals surface area (Å²) >= 11 is 0. The van der Waals surface area contributed by atoms with Crippen LogP contribution in [-0.2, 0) is 11.3 Å². The summed E-state index contributed by atoms with van der Waals surface area (Å²) in [6, 6.07) is 25.0. The number of hydrogen-bond donors (Lipinski definition) is 4. The third-order valence-corrected chi connectivity index (χ3v) is 7.35. The van der Waals surface area contributed by atoms with E-state index in [0.717, 1.165) is 40.9 Å². The molecule has 7 nitrogen and oxygen atoms in total. The number of benzene rings is 3. The van der Waals surface area contributed by atoms with E-state index in [2.05, 4.69) is 9.88 Å². The molecule has 4 N–H and O–H groups in total. The van der Waals surface area contributed by atoms with Gasteiger partial charge in [-0.15, -0.1) is 0 Å². The Hall–Kier alpha value is -4.27. The highest BCUT2D eigenvalue weighted by molar-refractivity contribution is 6.12. The van der Waals surface area contributed by atoms with Crippen molar-refractivity contribution in [3.05, 3.63) is 102 Å². The number of aliphatic carboxylic acids is 1. The molecule has 212 valence electrons. The van der Waals surface area contributed by atoms with E-state index in [1.807, 2.05) is 60.7 Å². The second-order valence-corrected chi connectivity index (χ2v) is 10.5. The fourth-order valence-electron chi connectivity index (χ4n) is 5.38. The number of nitrogens with one attached hydrogen (secondary N) is 1. The molecule has 1 heterocycles. The maximum atomic E-state index is 14.1. The number of rotatable bonds is 12. The number of nitrogens with zero attached hydrogens (tertiary/aromatic N) is 1. The number of aliphatic hydroxyl groups excluding tert-OH is 2. The molecule has 0 saturated heterocycles. The fraction of sp³-hybridized carbons (Fsp3) is 0.273. The number of hydrogen-bond acceptors (Lipinski definition) is 4. The Morgan fingerprint density at radius 2 is 1.51 bits per heavy atom. The van der Waals surface area contributed by atoms with Crippen LogP contribution in [0.15, 0.2) is 84.9 Å². The summed E-state index contributed by atoms with van der Waals surface area (Å²) in [6.07, 6.45) is -0.603. The van der Waals surface area contributed by atoms with Gasteiger partial charge >= 0.3 is 5.97 Å². The standard InChI is InChI=1S/C33H33FN2O5/c34-24-15-13-23(14-16-24)31-29(21-7-3-1-4-8-21)30(33(41)35-25-9-5-2-6-10-25)32(22-11-12-22)36(31)18-17-26(37)19-27(38)20-28(39)40/h1-10,13-16,22,26-27,37-38H,11-12,17-20H2,(H,35,41)(H,39,40)/t26-,27-/m1/s1. The Morgan fingerprint density at radius 3 is 2.12 bits per heavy atom. The van der Waals surface area contributed by atoms with Crippen LogP contribution in [0.3, 0.4) is 0 Å². The van der Waals surface area contributed by atoms with Crippen molar-refractivity contribution in [2.45, 2.75) is 56.8 Å². The summed E-state index contributed by atoms with van der Waals surface area (Å²) in [5, 5.41) is 32.8. The molecule has 0 spiro atoms. The zero-order valence-electron chi connectivity index (χ0n) is 22.5. The van der Waals surface area contributed by atoms with Gasteiger partial charge < -0.3 is 25.2 Å². The van der Waals surface area contributed by atoms with Gasteiger partial charge in [0.1, 0.15) is 5.82 Å². The van der Waals surface area contributed by atoms with E-state index in [1.54, 1.807) is 12.1 Å². The fourth-order valence-corrected chi connectivity index (χ4v) is 5.38. The summed E-state index contributed by atoms with van der Waals surface area (Å²) in [6.45, 7) is 0.317. The Morgan fingerprint density at radius 1 is 0.878 bits per heavy atom. The molecule has 1 aliphatic carbocycles. The molecule has 1 aliphatic rings. The molecular formula is C33H33FN2O5. The van der Waals surface area contributed by atoms with E-state index < -0.39 is 24.6 Å². The van der Waals surface area contributed by atoms with Crippen LogP contribution in [0.5, 0.6) is 0 Å². The molecule has 41 heavy (non-hydrogen) atoms. The van der Waals surface area contributed by atoms with E-state index in [9.17, 15) is 24.2 Å². The van der Waals surface area contributed by atoms with Gasteiger partial charge in [-0.2, -0.15) is 0 Å². The maximum absolute atomic E-state index is 14.1. The predicted octanol–water partition coefficient (Wildman–Crippen LogP) is 6.07. The molecule has 1 saturated carbocycles. The van der Waals surface area contributed by atoms with E-state index >= 15 is 0 Å². The highest BCUT2D eigenvalue weighted by Gasteiger charge is 2.37. The topological polar surface area (TPSA) is 112 Å². The first-order valence-electron chi connectivity index (χ1n) is 13.8. The predicted molar refractivity (Wildman–Crippen MR) is 155 cm³/mol. The molecule has 5 rings (SSSR count). The van der Waals surface area contributed by atoms with Gasteiger partial charge in [-0.1, -0.05) is 48.5 Å². The zero-order valence-corrected chi connectivity index (χ0v) is 22.5. The number of aromatic nitrogens is 1. The summed E-state index contributed by atoms with van der Waals surface area (Å²) in [7, 11) is 0. The average Bonchev–Trinajstić information content (AvgIpc) is 3.73. The van der Waals surface area contributed by atoms with Crippen LogP contribution in [0.1, 0.15) is 54.1 Å². The van der Waals surface area contributed by atoms with Gasteiger partial charge in [-0.25, -0.2) is 4.39 Å². The van der Waals surface area contributed by atoms with Crippen molar-refractivity contribution in [2.75, 3.05) is 5.32 Å². The molecule has 0 bridgehead atoms. The van der Waals surface area contributed by atoms with Crippen LogP contribution in [0.2, 0.25) is 0 Å². The minimum Gasteiger partial charge on any atom is -0.481 e. The number of carboxylic acid groups (broad SMARTS) is 1. The minimum absolute atomic E-state index is 0.0783. The molecule has 3 aromatic carbocycles. The number of halogens is 1. The number of carbonyl (C=O) groups excluding carboxylic acids is 1. The van der Waals surface area contributed by atoms with Gasteiger partial charge in [-0.05, 0) is 73.2 Å². The first-order chi connectivity index (χ1) is 19.8. The molecule has 0 radical (unpaired) electrons. The second kappa shape index (κ2) is 12.5. The summed E-state index contributed by atoms with van der Waals surface area (Å²) < 4.78 is 16.1. The number of anilines is 1. The first kappa shape index (κ1) is 28.3. The zero-order chi connectivity index (χ0) is 28.9. The van der Waals surface area contributed by atoms with Crippen molar-refractivity contribution in [1.82, 2.24) is 4.57 Å². The smallest absolute Gasteiger partial charge is 0.305 e. The Labute approximate surface area is 237 Å². The summed E-state index contributed by atoms with van der Waals surface area (Å²) in [5.74, 6) is -1.62. The normalized spacial score (nSPS) is 14.4. The molecular weight excluding hydrogens is 523 g/mol. The van der Waals surface area contributed by atoms with Crippen molar-refractivity contribution in [3.8, 4) is 22.4 Å². The van der Waals surface area contributed by atoms with Gasteiger partial charge in [0, 0.05) is 29.4 Å². The van der Waals surface area contributed by atoms with Crippen molar-refractivity contribution in [2.24, 2.45) is 0 Å². The molecule has 1 amide bonds. The van der Waals surface area contributed by atoms with Crippen molar-refractivity contribution in [1.29, 1.82) is 0 Å². The van der Waals surface area contributed by atoms with Crippen LogP contribution in [0.4, 0.5) is 10.1 Å². The van der Waals surface area contributed by atoms with Gasteiger partial charge in [0.05, 0.1) is 29.9 Å². The van der Waals surface area contributed by atoms with Gasteiger partial charge in [-0.3, -0.25) is 9.59 Å². The van der Waals surface area contributed by atoms with Crippen LogP contribution in [0, 0.1) is 5.82 Å². The number of carboxylic acids is 1. The molecule has 1 fully saturated rings. The molecule has 2 atom stereocenters. The van der Waals surface area contributed by atoms with Gasteiger partial charge in [0.2, 0.25) is 0 Å². The van der Waals surface area contributed by atoms with Gasteiger partial charge in [0.25, 0.3) is 5.91 Å². The highest BCUT2D eigenvalue weighted by Crippen LogP contribution is 2.49. The van der Waals surface area contributed by atoms with E-state index in [1.165, 1.54) is 12.1 Å². The molecule has 0 unspecified atom stereocenters. The Kier molecular flexibility index (Phi) is 8.61. The van der Waals surface area contributed by atoms with Crippen LogP contribution < -0.4 is 5.32 Å². The second-order valence-electron chi connectivity index (χ2n) is 10.5. The maximum Gasteiger partial charge on any atom is 0.305 e. The van der Waals surface area contributed by atoms with E-state index in [-0.39, 0.29) is 30.5 Å². The first-order valence-corrected chi connectivity index (χ1v) is 13.8. The quantitative estimate of drug-likeness (QED) is 0.169. The SMILES string of the molecule is O=C(O)C[C@H](O)C[C@H](O)CCn1c(-c2ccc(F)cc2)c(-c2ccccc2)c(C(=O)Nc2ccccc2)c1C1CC1. The molecule has 4 aromatic rings. The summed E-state index contributed by atoms with van der Waals surface area (Å²) in [4.78, 5) is 25.1. The minimum atomic E-state index is -1.17. The lowest BCUT2D eigenvalue weighted by molar-refractivity contribution is -0.139. The lowest BCUT2D eigenvalue weighted by atomic mass is 9.95. The van der Waals surface area contributed by atoms with Crippen LogP contribution in [0.25, 0.3) is 22.4 Å². The molecule has 8 heteroatoms. The van der Waals surface area contributed by atoms with Crippen LogP contribution >= 0.6 is 0 Å². The van der Waals surface area contributed by atoms with Gasteiger partial charge in [0.15, 0.2) is 0 Å². The molecule has 1 aromatic heterocycles. The third-order valence-electron chi connectivity index (χ3n) is 7.35. The Bertz CT molecular complexity index is 1500. The Balaban J connectivity index is 1.65. The monoisotopic (exact) mass is 556 g/mol. The molecule has 0 aliphatic heterocycles. The average molecular weight is 557 g/mol. The van der Waals surface area contributed by atoms with E-state index in [4.69, 9.17) is 5.11 Å². The van der Waals surface area contributed by atoms with E-state index in [0.29, 0.717) is 17.8 Å². The number of para-hydroxylation sites is 1. The third kappa shape index (κ3) is 6.73. The van der Waals surface area contributed by atoms with Crippen LogP contribution in [-0.4, -0.2) is 44.0 Å². The number of carbonyl (C=O) groups is 2. The lowest BCUT2D eigenvalue weighted by Gasteiger charge is -2.19. The number of aliphatic hydroxyl groups is 2. The van der Waals surface area contributed by atoms with Crippen molar-refractivity contribution >= 4 is 17.6 Å². The largest absolute Gasteiger partial charge is 0.481 e. The summed E-state index contributed by atoms with van der Waals surface area (Å²) in [5.41, 5.74) is 5.10. The highest BCUT2D eigenvalue weighted by atomic mass is 19.1. The van der Waals surface area contributed by atoms with Crippen molar-refractivity contribution < 1.29 is 29.3 Å².